The average Bonchev–Trinajstić information content (AvgIpc) is 2.95. The number of benzodiazepines with no additional fused rings is 1. The predicted octanol–water partition coefficient (Wildman–Crippen LogP) is 3.65. The van der Waals surface area contributed by atoms with Gasteiger partial charge in [-0.05, 0) is 11.6 Å². The van der Waals surface area contributed by atoms with Gasteiger partial charge in [0, 0.05) is 11.1 Å². The molecule has 32 heavy (non-hydrogen) atoms. The molecule has 2 amide bonds. The lowest BCUT2D eigenvalue weighted by atomic mass is 10.0. The highest BCUT2D eigenvalue weighted by Crippen LogP contribution is 2.28. The van der Waals surface area contributed by atoms with Crippen LogP contribution in [0.25, 0.3) is 0 Å². The molecule has 0 radical (unpaired) electrons. The standard InChI is InChI=1S/C25H20N4O3/c26-15-16-29-21-14-8-7-13-20(21)22(19-11-5-2-6-12-19)27-23(24(29)30)28-25(31)32-17-18-9-3-1-4-10-18/h1-14,23H,16-17H2,(H,28,31). The molecule has 0 aromatic heterocycles. The predicted molar refractivity (Wildman–Crippen MR) is 120 cm³/mol. The van der Waals surface area contributed by atoms with Crippen LogP contribution >= 0.6 is 0 Å². The van der Waals surface area contributed by atoms with Crippen molar-refractivity contribution in [1.82, 2.24) is 5.32 Å². The highest BCUT2D eigenvalue weighted by Gasteiger charge is 2.33. The molecule has 4 rings (SSSR count). The first kappa shape index (κ1) is 20.8. The zero-order valence-corrected chi connectivity index (χ0v) is 17.1. The van der Waals surface area contributed by atoms with Gasteiger partial charge < -0.3 is 4.74 Å². The lowest BCUT2D eigenvalue weighted by Crippen LogP contribution is -2.47. The Morgan fingerprint density at radius 3 is 2.38 bits per heavy atom. The average molecular weight is 424 g/mol. The Bertz CT molecular complexity index is 1190. The van der Waals surface area contributed by atoms with Crippen molar-refractivity contribution < 1.29 is 14.3 Å². The molecule has 3 aromatic carbocycles. The number of hydrogen-bond donors (Lipinski definition) is 1. The Hall–Kier alpha value is -4.44. The maximum Gasteiger partial charge on any atom is 0.409 e. The molecule has 1 atom stereocenters. The van der Waals surface area contributed by atoms with E-state index in [2.05, 4.69) is 10.3 Å². The van der Waals surface area contributed by atoms with E-state index >= 15 is 0 Å². The smallest absolute Gasteiger partial charge is 0.409 e. The van der Waals surface area contributed by atoms with Crippen LogP contribution in [0.4, 0.5) is 10.5 Å². The van der Waals surface area contributed by atoms with Crippen LogP contribution in [0.1, 0.15) is 16.7 Å². The summed E-state index contributed by atoms with van der Waals surface area (Å²) >= 11 is 0. The molecule has 0 saturated heterocycles. The molecule has 0 fully saturated rings. The van der Waals surface area contributed by atoms with Gasteiger partial charge in [-0.1, -0.05) is 78.9 Å². The highest BCUT2D eigenvalue weighted by atomic mass is 16.5. The second kappa shape index (κ2) is 9.58. The van der Waals surface area contributed by atoms with Crippen LogP contribution in [0.15, 0.2) is 89.9 Å². The van der Waals surface area contributed by atoms with Gasteiger partial charge in [0.15, 0.2) is 0 Å². The molecular formula is C25H20N4O3. The van der Waals surface area contributed by atoms with Crippen molar-refractivity contribution in [2.24, 2.45) is 4.99 Å². The summed E-state index contributed by atoms with van der Waals surface area (Å²) in [6, 6.07) is 27.9. The third-order valence-electron chi connectivity index (χ3n) is 4.95. The maximum absolute atomic E-state index is 13.3. The molecule has 158 valence electrons. The number of fused-ring (bicyclic) bond motifs is 1. The summed E-state index contributed by atoms with van der Waals surface area (Å²) in [5.74, 6) is -0.512. The van der Waals surface area contributed by atoms with E-state index in [0.717, 1.165) is 11.1 Å². The van der Waals surface area contributed by atoms with Gasteiger partial charge in [-0.25, -0.2) is 9.79 Å². The number of ether oxygens (including phenoxy) is 1. The second-order valence-corrected chi connectivity index (χ2v) is 7.05. The van der Waals surface area contributed by atoms with Crippen LogP contribution in [-0.4, -0.2) is 30.4 Å². The highest BCUT2D eigenvalue weighted by molar-refractivity contribution is 6.20. The van der Waals surface area contributed by atoms with Gasteiger partial charge in [-0.3, -0.25) is 15.0 Å². The zero-order chi connectivity index (χ0) is 22.3. The molecule has 7 nitrogen and oxygen atoms in total. The first-order valence-corrected chi connectivity index (χ1v) is 10.1. The monoisotopic (exact) mass is 424 g/mol. The van der Waals surface area contributed by atoms with Crippen molar-refractivity contribution in [1.29, 1.82) is 5.26 Å². The Labute approximate surface area is 185 Å². The number of rotatable bonds is 5. The SMILES string of the molecule is N#CCN1C(=O)C(NC(=O)OCc2ccccc2)N=C(c2ccccc2)c2ccccc21. The van der Waals surface area contributed by atoms with Crippen LogP contribution in [0, 0.1) is 11.3 Å². The Morgan fingerprint density at radius 1 is 1.00 bits per heavy atom. The van der Waals surface area contributed by atoms with E-state index in [0.29, 0.717) is 17.0 Å². The van der Waals surface area contributed by atoms with E-state index in [9.17, 15) is 14.9 Å². The van der Waals surface area contributed by atoms with Gasteiger partial charge in [0.05, 0.1) is 17.5 Å². The van der Waals surface area contributed by atoms with E-state index < -0.39 is 18.2 Å². The van der Waals surface area contributed by atoms with Crippen molar-refractivity contribution in [2.45, 2.75) is 12.8 Å². The van der Waals surface area contributed by atoms with E-state index in [1.807, 2.05) is 78.9 Å². The first-order valence-electron chi connectivity index (χ1n) is 10.1. The van der Waals surface area contributed by atoms with Crippen LogP contribution in [0.2, 0.25) is 0 Å². The minimum Gasteiger partial charge on any atom is -0.445 e. The minimum absolute atomic E-state index is 0.0605. The van der Waals surface area contributed by atoms with Gasteiger partial charge in [0.25, 0.3) is 5.91 Å². The van der Waals surface area contributed by atoms with E-state index in [4.69, 9.17) is 4.74 Å². The first-order chi connectivity index (χ1) is 15.7. The number of anilines is 1. The molecule has 0 bridgehead atoms. The lowest BCUT2D eigenvalue weighted by molar-refractivity contribution is -0.120. The fourth-order valence-corrected chi connectivity index (χ4v) is 3.46. The topological polar surface area (TPSA) is 94.8 Å². The number of hydrogen-bond acceptors (Lipinski definition) is 5. The van der Waals surface area contributed by atoms with E-state index in [1.54, 1.807) is 12.1 Å². The number of alkyl carbamates (subject to hydrolysis) is 1. The van der Waals surface area contributed by atoms with E-state index in [1.165, 1.54) is 4.90 Å². The number of benzene rings is 3. The van der Waals surface area contributed by atoms with Gasteiger partial charge in [-0.15, -0.1) is 0 Å². The summed E-state index contributed by atoms with van der Waals surface area (Å²) in [6.07, 6.45) is -2.01. The summed E-state index contributed by atoms with van der Waals surface area (Å²) in [5.41, 5.74) is 3.41. The molecule has 0 spiro atoms. The molecule has 1 aliphatic heterocycles. The number of nitriles is 1. The molecule has 1 unspecified atom stereocenters. The Balaban J connectivity index is 1.67. The molecule has 0 aliphatic carbocycles. The Kier molecular flexibility index (Phi) is 6.23. The molecule has 0 saturated carbocycles. The van der Waals surface area contributed by atoms with Gasteiger partial charge in [0.1, 0.15) is 13.2 Å². The number of para-hydroxylation sites is 1. The summed E-state index contributed by atoms with van der Waals surface area (Å²) in [6.45, 7) is -0.115. The normalized spacial score (nSPS) is 15.1. The zero-order valence-electron chi connectivity index (χ0n) is 17.1. The van der Waals surface area contributed by atoms with Crippen molar-refractivity contribution in [2.75, 3.05) is 11.4 Å². The number of carbonyl (C=O) groups is 2. The number of amides is 2. The van der Waals surface area contributed by atoms with Crippen molar-refractivity contribution in [3.8, 4) is 6.07 Å². The molecule has 7 heteroatoms. The summed E-state index contributed by atoms with van der Waals surface area (Å²) in [5, 5.41) is 11.9. The summed E-state index contributed by atoms with van der Waals surface area (Å²) < 4.78 is 5.28. The van der Waals surface area contributed by atoms with E-state index in [-0.39, 0.29) is 13.2 Å². The van der Waals surface area contributed by atoms with Gasteiger partial charge in [-0.2, -0.15) is 5.26 Å². The third kappa shape index (κ3) is 4.50. The fraction of sp³-hybridized carbons (Fsp3) is 0.120. The Morgan fingerprint density at radius 2 is 1.66 bits per heavy atom. The molecule has 1 heterocycles. The number of carbonyl (C=O) groups excluding carboxylic acids is 2. The molecule has 1 aliphatic rings. The molecule has 1 N–H and O–H groups in total. The third-order valence-corrected chi connectivity index (χ3v) is 4.95. The lowest BCUT2D eigenvalue weighted by Gasteiger charge is -2.22. The number of nitrogens with one attached hydrogen (secondary N) is 1. The van der Waals surface area contributed by atoms with Crippen molar-refractivity contribution >= 4 is 23.4 Å². The quantitative estimate of drug-likeness (QED) is 0.633. The maximum atomic E-state index is 13.3. The number of nitrogens with zero attached hydrogens (tertiary/aromatic N) is 3. The van der Waals surface area contributed by atoms with Crippen LogP contribution in [0.3, 0.4) is 0 Å². The molecule has 3 aromatic rings. The fourth-order valence-electron chi connectivity index (χ4n) is 3.46. The van der Waals surface area contributed by atoms with Crippen molar-refractivity contribution in [3.05, 3.63) is 102 Å². The summed E-state index contributed by atoms with van der Waals surface area (Å²) in [4.78, 5) is 31.7. The van der Waals surface area contributed by atoms with Gasteiger partial charge in [0.2, 0.25) is 6.17 Å². The van der Waals surface area contributed by atoms with Crippen molar-refractivity contribution in [3.63, 3.8) is 0 Å². The largest absolute Gasteiger partial charge is 0.445 e. The summed E-state index contributed by atoms with van der Waals surface area (Å²) in [7, 11) is 0. The number of aliphatic imine (C=N–C) groups is 1. The molecular weight excluding hydrogens is 404 g/mol. The van der Waals surface area contributed by atoms with Crippen LogP contribution < -0.4 is 10.2 Å². The van der Waals surface area contributed by atoms with Crippen LogP contribution in [-0.2, 0) is 16.1 Å². The minimum atomic E-state index is -1.24. The second-order valence-electron chi connectivity index (χ2n) is 7.05. The van der Waals surface area contributed by atoms with Gasteiger partial charge >= 0.3 is 6.09 Å². The van der Waals surface area contributed by atoms with Crippen LogP contribution in [0.5, 0.6) is 0 Å².